The van der Waals surface area contributed by atoms with Crippen molar-refractivity contribution in [3.63, 3.8) is 0 Å². The molecule has 0 aliphatic heterocycles. The van der Waals surface area contributed by atoms with Crippen molar-refractivity contribution in [1.29, 1.82) is 0 Å². The van der Waals surface area contributed by atoms with E-state index < -0.39 is 0 Å². The first kappa shape index (κ1) is 13.2. The van der Waals surface area contributed by atoms with Crippen molar-refractivity contribution in [3.05, 3.63) is 47.8 Å². The maximum absolute atomic E-state index is 5.70. The SMILES string of the molecule is Cc1ccccc1SCc1noc(-c2ccc(N)s2)n1. The standard InChI is InChI=1S/C14H13N3OS2/c1-9-4-2-3-5-10(9)19-8-13-16-14(18-17-13)11-6-7-12(15)20-11/h2-7H,8,15H2,1H3. The zero-order chi connectivity index (χ0) is 13.9. The molecule has 1 aromatic carbocycles. The lowest BCUT2D eigenvalue weighted by atomic mass is 10.2. The third-order valence-corrected chi connectivity index (χ3v) is 4.83. The van der Waals surface area contributed by atoms with Gasteiger partial charge in [0.1, 0.15) is 0 Å². The monoisotopic (exact) mass is 303 g/mol. The van der Waals surface area contributed by atoms with Crippen LogP contribution in [0.2, 0.25) is 0 Å². The smallest absolute Gasteiger partial charge is 0.268 e. The van der Waals surface area contributed by atoms with Crippen LogP contribution in [0.5, 0.6) is 0 Å². The van der Waals surface area contributed by atoms with E-state index in [0.717, 1.165) is 9.88 Å². The molecule has 2 aromatic heterocycles. The van der Waals surface area contributed by atoms with Crippen molar-refractivity contribution in [1.82, 2.24) is 10.1 Å². The van der Waals surface area contributed by atoms with Gasteiger partial charge in [-0.3, -0.25) is 0 Å². The van der Waals surface area contributed by atoms with Crippen LogP contribution in [0.1, 0.15) is 11.4 Å². The Kier molecular flexibility index (Phi) is 3.75. The number of benzene rings is 1. The van der Waals surface area contributed by atoms with Gasteiger partial charge in [-0.2, -0.15) is 4.98 Å². The van der Waals surface area contributed by atoms with Gasteiger partial charge in [0, 0.05) is 4.90 Å². The summed E-state index contributed by atoms with van der Waals surface area (Å²) in [4.78, 5) is 6.53. The number of nitrogens with two attached hydrogens (primary N) is 1. The summed E-state index contributed by atoms with van der Waals surface area (Å²) < 4.78 is 5.26. The summed E-state index contributed by atoms with van der Waals surface area (Å²) in [5.74, 6) is 1.92. The normalized spacial score (nSPS) is 10.8. The molecule has 0 radical (unpaired) electrons. The number of anilines is 1. The van der Waals surface area contributed by atoms with E-state index in [9.17, 15) is 0 Å². The molecule has 0 atom stereocenters. The number of hydrogen-bond donors (Lipinski definition) is 1. The largest absolute Gasteiger partial charge is 0.391 e. The predicted octanol–water partition coefficient (Wildman–Crippen LogP) is 3.98. The van der Waals surface area contributed by atoms with Crippen molar-refractivity contribution < 1.29 is 4.52 Å². The van der Waals surface area contributed by atoms with E-state index in [0.29, 0.717) is 17.5 Å². The average Bonchev–Trinajstić information content (AvgIpc) is 3.06. The van der Waals surface area contributed by atoms with Crippen molar-refractivity contribution in [3.8, 4) is 10.8 Å². The fourth-order valence-electron chi connectivity index (χ4n) is 1.74. The molecule has 0 fully saturated rings. The number of rotatable bonds is 4. The molecule has 3 aromatic rings. The van der Waals surface area contributed by atoms with Gasteiger partial charge in [-0.25, -0.2) is 0 Å². The second-order valence-corrected chi connectivity index (χ2v) is 6.40. The van der Waals surface area contributed by atoms with Gasteiger partial charge < -0.3 is 10.3 Å². The Morgan fingerprint density at radius 1 is 1.25 bits per heavy atom. The van der Waals surface area contributed by atoms with Gasteiger partial charge in [-0.05, 0) is 30.7 Å². The van der Waals surface area contributed by atoms with E-state index in [2.05, 4.69) is 29.2 Å². The van der Waals surface area contributed by atoms with Gasteiger partial charge in [0.2, 0.25) is 0 Å². The summed E-state index contributed by atoms with van der Waals surface area (Å²) in [6.45, 7) is 2.10. The van der Waals surface area contributed by atoms with Crippen LogP contribution >= 0.6 is 23.1 Å². The molecule has 0 saturated heterocycles. The highest BCUT2D eigenvalue weighted by atomic mass is 32.2. The fourth-order valence-corrected chi connectivity index (χ4v) is 3.31. The molecule has 102 valence electrons. The number of thioether (sulfide) groups is 1. The van der Waals surface area contributed by atoms with E-state index in [-0.39, 0.29) is 0 Å². The van der Waals surface area contributed by atoms with E-state index in [1.165, 1.54) is 21.8 Å². The summed E-state index contributed by atoms with van der Waals surface area (Å²) >= 11 is 3.15. The van der Waals surface area contributed by atoms with Crippen LogP contribution in [0, 0.1) is 6.92 Å². The van der Waals surface area contributed by atoms with Crippen LogP contribution in [-0.4, -0.2) is 10.1 Å². The number of thiophene rings is 1. The highest BCUT2D eigenvalue weighted by Crippen LogP contribution is 2.29. The molecule has 0 aliphatic carbocycles. The second kappa shape index (κ2) is 5.68. The number of aromatic nitrogens is 2. The first-order chi connectivity index (χ1) is 9.72. The van der Waals surface area contributed by atoms with E-state index >= 15 is 0 Å². The van der Waals surface area contributed by atoms with Crippen LogP contribution in [0.15, 0.2) is 45.8 Å². The maximum atomic E-state index is 5.70. The molecule has 20 heavy (non-hydrogen) atoms. The predicted molar refractivity (Wildman–Crippen MR) is 82.8 cm³/mol. The molecule has 0 saturated carbocycles. The molecule has 0 spiro atoms. The molecule has 0 bridgehead atoms. The van der Waals surface area contributed by atoms with Crippen molar-refractivity contribution in [2.45, 2.75) is 17.6 Å². The van der Waals surface area contributed by atoms with E-state index in [1.54, 1.807) is 11.8 Å². The van der Waals surface area contributed by atoms with Gasteiger partial charge in [-0.1, -0.05) is 23.4 Å². The number of aryl methyl sites for hydroxylation is 1. The highest BCUT2D eigenvalue weighted by Gasteiger charge is 2.11. The molecule has 0 amide bonds. The molecule has 0 aliphatic rings. The number of hydrogen-bond acceptors (Lipinski definition) is 6. The molecular weight excluding hydrogens is 290 g/mol. The first-order valence-corrected chi connectivity index (χ1v) is 7.89. The quantitative estimate of drug-likeness (QED) is 0.738. The minimum absolute atomic E-state index is 0.534. The van der Waals surface area contributed by atoms with Gasteiger partial charge in [0.15, 0.2) is 5.82 Å². The Labute approximate surface area is 125 Å². The first-order valence-electron chi connectivity index (χ1n) is 6.09. The Bertz CT molecular complexity index is 721. The van der Waals surface area contributed by atoms with E-state index in [1.807, 2.05) is 24.3 Å². The van der Waals surface area contributed by atoms with Gasteiger partial charge >= 0.3 is 0 Å². The van der Waals surface area contributed by atoms with Crippen LogP contribution in [-0.2, 0) is 5.75 Å². The van der Waals surface area contributed by atoms with Crippen LogP contribution in [0.4, 0.5) is 5.00 Å². The zero-order valence-electron chi connectivity index (χ0n) is 10.9. The third-order valence-electron chi connectivity index (χ3n) is 2.76. The van der Waals surface area contributed by atoms with Crippen LogP contribution in [0.25, 0.3) is 10.8 Å². The van der Waals surface area contributed by atoms with Gasteiger partial charge in [0.25, 0.3) is 5.89 Å². The fraction of sp³-hybridized carbons (Fsp3) is 0.143. The topological polar surface area (TPSA) is 64.9 Å². The summed E-state index contributed by atoms with van der Waals surface area (Å²) in [6, 6.07) is 12.0. The molecular formula is C14H13N3OS2. The molecule has 2 N–H and O–H groups in total. The Morgan fingerprint density at radius 3 is 2.85 bits per heavy atom. The second-order valence-electron chi connectivity index (χ2n) is 4.27. The van der Waals surface area contributed by atoms with E-state index in [4.69, 9.17) is 10.3 Å². The minimum atomic E-state index is 0.534. The average molecular weight is 303 g/mol. The van der Waals surface area contributed by atoms with Gasteiger partial charge in [0.05, 0.1) is 15.6 Å². The summed E-state index contributed by atoms with van der Waals surface area (Å²) in [5, 5.41) is 4.75. The molecule has 0 unspecified atom stereocenters. The van der Waals surface area contributed by atoms with Crippen molar-refractivity contribution in [2.24, 2.45) is 0 Å². The summed E-state index contributed by atoms with van der Waals surface area (Å²) in [6.07, 6.45) is 0. The number of nitrogen functional groups attached to an aromatic ring is 1. The lowest BCUT2D eigenvalue weighted by Crippen LogP contribution is -1.85. The van der Waals surface area contributed by atoms with Crippen LogP contribution < -0.4 is 5.73 Å². The molecule has 6 heteroatoms. The van der Waals surface area contributed by atoms with Crippen molar-refractivity contribution >= 4 is 28.1 Å². The summed E-state index contributed by atoms with van der Waals surface area (Å²) in [7, 11) is 0. The third kappa shape index (κ3) is 2.86. The van der Waals surface area contributed by atoms with Crippen molar-refractivity contribution in [2.75, 3.05) is 5.73 Å². The zero-order valence-corrected chi connectivity index (χ0v) is 12.5. The summed E-state index contributed by atoms with van der Waals surface area (Å²) in [5.41, 5.74) is 6.96. The lowest BCUT2D eigenvalue weighted by Gasteiger charge is -2.01. The lowest BCUT2D eigenvalue weighted by molar-refractivity contribution is 0.426. The molecule has 2 heterocycles. The Hall–Kier alpha value is -1.79. The molecule has 3 rings (SSSR count). The maximum Gasteiger partial charge on any atom is 0.268 e. The minimum Gasteiger partial charge on any atom is -0.391 e. The Balaban J connectivity index is 1.70. The Morgan fingerprint density at radius 2 is 2.10 bits per heavy atom. The van der Waals surface area contributed by atoms with Crippen LogP contribution in [0.3, 0.4) is 0 Å². The molecule has 4 nitrogen and oxygen atoms in total. The number of nitrogens with zero attached hydrogens (tertiary/aromatic N) is 2. The highest BCUT2D eigenvalue weighted by molar-refractivity contribution is 7.98. The van der Waals surface area contributed by atoms with Gasteiger partial charge in [-0.15, -0.1) is 23.1 Å².